The number of halogens is 2. The predicted octanol–water partition coefficient (Wildman–Crippen LogP) is 4.23. The van der Waals surface area contributed by atoms with Crippen molar-refractivity contribution >= 4 is 11.6 Å². The Labute approximate surface area is 107 Å². The Morgan fingerprint density at radius 2 is 2.29 bits per heavy atom. The highest BCUT2D eigenvalue weighted by Gasteiger charge is 2.35. The second-order valence-electron chi connectivity index (χ2n) is 5.15. The van der Waals surface area contributed by atoms with E-state index in [0.29, 0.717) is 10.9 Å². The maximum Gasteiger partial charge on any atom is 0.123 e. The number of hydrogen-bond donors (Lipinski definition) is 1. The lowest BCUT2D eigenvalue weighted by atomic mass is 9.72. The van der Waals surface area contributed by atoms with Crippen molar-refractivity contribution in [1.29, 1.82) is 0 Å². The van der Waals surface area contributed by atoms with Crippen LogP contribution in [0.15, 0.2) is 18.2 Å². The molecular formula is C14H19ClFN. The average Bonchev–Trinajstić information content (AvgIpc) is 2.32. The summed E-state index contributed by atoms with van der Waals surface area (Å²) in [4.78, 5) is 0. The molecule has 1 aliphatic carbocycles. The SMILES string of the molecule is CCC1CCCC(N)(c2cc(F)ccc2Cl)C1. The maximum atomic E-state index is 13.3. The fourth-order valence-electron chi connectivity index (χ4n) is 2.90. The number of hydrogen-bond acceptors (Lipinski definition) is 1. The molecule has 1 fully saturated rings. The quantitative estimate of drug-likeness (QED) is 0.841. The van der Waals surface area contributed by atoms with Gasteiger partial charge in [-0.1, -0.05) is 37.8 Å². The Bertz CT molecular complexity index is 407. The van der Waals surface area contributed by atoms with E-state index < -0.39 is 5.54 Å². The van der Waals surface area contributed by atoms with Gasteiger partial charge in [-0.15, -0.1) is 0 Å². The summed E-state index contributed by atoms with van der Waals surface area (Å²) >= 11 is 6.16. The van der Waals surface area contributed by atoms with Gasteiger partial charge in [0, 0.05) is 10.6 Å². The van der Waals surface area contributed by atoms with Crippen molar-refractivity contribution < 1.29 is 4.39 Å². The van der Waals surface area contributed by atoms with Crippen LogP contribution in [0.5, 0.6) is 0 Å². The van der Waals surface area contributed by atoms with E-state index in [4.69, 9.17) is 17.3 Å². The molecule has 0 heterocycles. The van der Waals surface area contributed by atoms with Crippen molar-refractivity contribution in [2.75, 3.05) is 0 Å². The third kappa shape index (κ3) is 2.63. The summed E-state index contributed by atoms with van der Waals surface area (Å²) < 4.78 is 13.3. The van der Waals surface area contributed by atoms with Gasteiger partial charge in [0.2, 0.25) is 0 Å². The van der Waals surface area contributed by atoms with Crippen LogP contribution in [0.25, 0.3) is 0 Å². The first kappa shape index (κ1) is 12.8. The highest BCUT2D eigenvalue weighted by Crippen LogP contribution is 2.41. The lowest BCUT2D eigenvalue weighted by Gasteiger charge is -2.38. The van der Waals surface area contributed by atoms with Gasteiger partial charge in [0.05, 0.1) is 0 Å². The Hall–Kier alpha value is -0.600. The van der Waals surface area contributed by atoms with Crippen molar-refractivity contribution in [3.8, 4) is 0 Å². The number of benzene rings is 1. The molecule has 1 aliphatic rings. The third-order valence-corrected chi connectivity index (χ3v) is 4.26. The van der Waals surface area contributed by atoms with E-state index in [1.807, 2.05) is 0 Å². The van der Waals surface area contributed by atoms with Gasteiger partial charge >= 0.3 is 0 Å². The molecule has 1 saturated carbocycles. The fourth-order valence-corrected chi connectivity index (χ4v) is 3.20. The third-order valence-electron chi connectivity index (χ3n) is 3.93. The molecule has 1 aromatic rings. The molecule has 3 heteroatoms. The van der Waals surface area contributed by atoms with Crippen LogP contribution in [0.1, 0.15) is 44.6 Å². The molecule has 0 saturated heterocycles. The molecule has 2 unspecified atom stereocenters. The minimum atomic E-state index is -0.446. The summed E-state index contributed by atoms with van der Waals surface area (Å²) in [5, 5.41) is 0.589. The Morgan fingerprint density at radius 3 is 3.00 bits per heavy atom. The second kappa shape index (κ2) is 4.95. The number of nitrogens with two attached hydrogens (primary N) is 1. The van der Waals surface area contributed by atoms with E-state index in [-0.39, 0.29) is 5.82 Å². The summed E-state index contributed by atoms with van der Waals surface area (Å²) in [6.45, 7) is 2.18. The molecule has 2 rings (SSSR count). The molecule has 94 valence electrons. The van der Waals surface area contributed by atoms with Gasteiger partial charge in [-0.05, 0) is 42.5 Å². The smallest absolute Gasteiger partial charge is 0.123 e. The first-order chi connectivity index (χ1) is 8.05. The molecule has 0 amide bonds. The summed E-state index contributed by atoms with van der Waals surface area (Å²) in [5.41, 5.74) is 6.79. The van der Waals surface area contributed by atoms with Crippen molar-refractivity contribution in [1.82, 2.24) is 0 Å². The fraction of sp³-hybridized carbons (Fsp3) is 0.571. The van der Waals surface area contributed by atoms with E-state index in [1.165, 1.54) is 18.6 Å². The monoisotopic (exact) mass is 255 g/mol. The minimum absolute atomic E-state index is 0.257. The largest absolute Gasteiger partial charge is 0.321 e. The molecule has 2 N–H and O–H groups in total. The van der Waals surface area contributed by atoms with Gasteiger partial charge in [-0.3, -0.25) is 0 Å². The van der Waals surface area contributed by atoms with Gasteiger partial charge in [0.1, 0.15) is 5.82 Å². The summed E-state index contributed by atoms with van der Waals surface area (Å²) in [6.07, 6.45) is 5.26. The van der Waals surface area contributed by atoms with E-state index in [1.54, 1.807) is 6.07 Å². The number of rotatable bonds is 2. The first-order valence-electron chi connectivity index (χ1n) is 6.29. The van der Waals surface area contributed by atoms with Crippen molar-refractivity contribution in [2.45, 2.75) is 44.6 Å². The molecule has 0 aliphatic heterocycles. The Balaban J connectivity index is 2.33. The van der Waals surface area contributed by atoms with Gasteiger partial charge in [-0.2, -0.15) is 0 Å². The van der Waals surface area contributed by atoms with E-state index in [2.05, 4.69) is 6.92 Å². The van der Waals surface area contributed by atoms with Crippen molar-refractivity contribution in [2.24, 2.45) is 11.7 Å². The normalized spacial score (nSPS) is 29.3. The van der Waals surface area contributed by atoms with Crippen LogP contribution in [0, 0.1) is 11.7 Å². The molecule has 1 nitrogen and oxygen atoms in total. The van der Waals surface area contributed by atoms with Crippen LogP contribution in [0.3, 0.4) is 0 Å². The average molecular weight is 256 g/mol. The first-order valence-corrected chi connectivity index (χ1v) is 6.67. The molecule has 17 heavy (non-hydrogen) atoms. The zero-order chi connectivity index (χ0) is 12.5. The van der Waals surface area contributed by atoms with Gasteiger partial charge in [0.25, 0.3) is 0 Å². The van der Waals surface area contributed by atoms with Crippen LogP contribution in [0.4, 0.5) is 4.39 Å². The minimum Gasteiger partial charge on any atom is -0.321 e. The molecule has 0 spiro atoms. The highest BCUT2D eigenvalue weighted by atomic mass is 35.5. The molecular weight excluding hydrogens is 237 g/mol. The van der Waals surface area contributed by atoms with E-state index >= 15 is 0 Å². The zero-order valence-electron chi connectivity index (χ0n) is 10.2. The topological polar surface area (TPSA) is 26.0 Å². The standard InChI is InChI=1S/C14H19ClFN/c1-2-10-4-3-7-14(17,9-10)12-8-11(16)5-6-13(12)15/h5-6,8,10H,2-4,7,9,17H2,1H3. The lowest BCUT2D eigenvalue weighted by molar-refractivity contribution is 0.221. The van der Waals surface area contributed by atoms with Gasteiger partial charge < -0.3 is 5.73 Å². The van der Waals surface area contributed by atoms with Crippen molar-refractivity contribution in [3.63, 3.8) is 0 Å². The second-order valence-corrected chi connectivity index (χ2v) is 5.56. The zero-order valence-corrected chi connectivity index (χ0v) is 10.9. The van der Waals surface area contributed by atoms with Crippen LogP contribution in [-0.2, 0) is 5.54 Å². The lowest BCUT2D eigenvalue weighted by Crippen LogP contribution is -2.41. The molecule has 1 aromatic carbocycles. The van der Waals surface area contributed by atoms with Crippen LogP contribution < -0.4 is 5.73 Å². The van der Waals surface area contributed by atoms with Crippen LogP contribution >= 0.6 is 11.6 Å². The summed E-state index contributed by atoms with van der Waals surface area (Å²) in [5.74, 6) is 0.376. The Morgan fingerprint density at radius 1 is 1.53 bits per heavy atom. The van der Waals surface area contributed by atoms with E-state index in [0.717, 1.165) is 31.2 Å². The highest BCUT2D eigenvalue weighted by molar-refractivity contribution is 6.31. The van der Waals surface area contributed by atoms with Crippen LogP contribution in [-0.4, -0.2) is 0 Å². The summed E-state index contributed by atoms with van der Waals surface area (Å²) in [6, 6.07) is 4.49. The molecule has 2 atom stereocenters. The molecule has 0 radical (unpaired) electrons. The van der Waals surface area contributed by atoms with Crippen molar-refractivity contribution in [3.05, 3.63) is 34.6 Å². The predicted molar refractivity (Wildman–Crippen MR) is 69.5 cm³/mol. The summed E-state index contributed by atoms with van der Waals surface area (Å²) in [7, 11) is 0. The Kier molecular flexibility index (Phi) is 3.74. The molecule has 0 aromatic heterocycles. The van der Waals surface area contributed by atoms with Gasteiger partial charge in [0.15, 0.2) is 0 Å². The molecule has 0 bridgehead atoms. The maximum absolute atomic E-state index is 13.3. The van der Waals surface area contributed by atoms with E-state index in [9.17, 15) is 4.39 Å². The van der Waals surface area contributed by atoms with Gasteiger partial charge in [-0.25, -0.2) is 4.39 Å². The van der Waals surface area contributed by atoms with Crippen LogP contribution in [0.2, 0.25) is 5.02 Å².